The van der Waals surface area contributed by atoms with Gasteiger partial charge in [0.15, 0.2) is 0 Å². The number of ether oxygens (including phenoxy) is 2. The Hall–Kier alpha value is -1.10. The summed E-state index contributed by atoms with van der Waals surface area (Å²) in [6, 6.07) is 0. The average Bonchev–Trinajstić information content (AvgIpc) is 3.07. The number of esters is 1. The van der Waals surface area contributed by atoms with Gasteiger partial charge in [0.25, 0.3) is 0 Å². The second-order valence-electron chi connectivity index (χ2n) is 6.80. The molecule has 1 aliphatic rings. The van der Waals surface area contributed by atoms with Crippen LogP contribution in [0.1, 0.15) is 77.6 Å². The number of hydrogen-bond acceptors (Lipinski definition) is 5. The standard InChI is InChI=1S/C20H38N2O3/c1-3-4-5-6-7-8-9-10-11-12-19-21-14-15-22(19)16-18-25-17-13-20(23)24-2/h3-18H2,1-2H3. The van der Waals surface area contributed by atoms with Gasteiger partial charge in [-0.3, -0.25) is 9.79 Å². The first-order valence-electron chi connectivity index (χ1n) is 10.2. The second-order valence-corrected chi connectivity index (χ2v) is 6.80. The van der Waals surface area contributed by atoms with Gasteiger partial charge in [-0.2, -0.15) is 0 Å². The Morgan fingerprint density at radius 3 is 2.40 bits per heavy atom. The molecule has 5 nitrogen and oxygen atoms in total. The van der Waals surface area contributed by atoms with Crippen molar-refractivity contribution >= 4 is 11.8 Å². The van der Waals surface area contributed by atoms with Gasteiger partial charge in [0, 0.05) is 19.5 Å². The van der Waals surface area contributed by atoms with Crippen LogP contribution in [0.15, 0.2) is 4.99 Å². The molecule has 0 radical (unpaired) electrons. The number of hydrogen-bond donors (Lipinski definition) is 0. The van der Waals surface area contributed by atoms with Crippen molar-refractivity contribution in [1.82, 2.24) is 4.90 Å². The number of methoxy groups -OCH3 is 1. The van der Waals surface area contributed by atoms with Gasteiger partial charge in [-0.15, -0.1) is 0 Å². The summed E-state index contributed by atoms with van der Waals surface area (Å²) in [5.41, 5.74) is 0. The largest absolute Gasteiger partial charge is 0.469 e. The van der Waals surface area contributed by atoms with Crippen LogP contribution >= 0.6 is 0 Å². The van der Waals surface area contributed by atoms with E-state index in [-0.39, 0.29) is 5.97 Å². The zero-order valence-electron chi connectivity index (χ0n) is 16.4. The van der Waals surface area contributed by atoms with E-state index in [9.17, 15) is 4.79 Å². The average molecular weight is 355 g/mol. The molecule has 0 atom stereocenters. The fraction of sp³-hybridized carbons (Fsp3) is 0.900. The summed E-state index contributed by atoms with van der Waals surface area (Å²) in [5, 5.41) is 0. The van der Waals surface area contributed by atoms with Crippen molar-refractivity contribution in [1.29, 1.82) is 0 Å². The number of unbranched alkanes of at least 4 members (excludes halogenated alkanes) is 8. The van der Waals surface area contributed by atoms with E-state index in [0.717, 1.165) is 26.1 Å². The molecular weight excluding hydrogens is 316 g/mol. The van der Waals surface area contributed by atoms with Gasteiger partial charge in [0.2, 0.25) is 0 Å². The highest BCUT2D eigenvalue weighted by atomic mass is 16.5. The monoisotopic (exact) mass is 354 g/mol. The zero-order chi connectivity index (χ0) is 18.2. The highest BCUT2D eigenvalue weighted by Crippen LogP contribution is 2.13. The molecule has 0 N–H and O–H groups in total. The molecule has 0 aromatic rings. The van der Waals surface area contributed by atoms with E-state index in [0.29, 0.717) is 19.6 Å². The minimum absolute atomic E-state index is 0.214. The van der Waals surface area contributed by atoms with Crippen molar-refractivity contribution in [3.63, 3.8) is 0 Å². The fourth-order valence-electron chi connectivity index (χ4n) is 3.13. The first-order valence-corrected chi connectivity index (χ1v) is 10.2. The molecule has 0 amide bonds. The van der Waals surface area contributed by atoms with Crippen LogP contribution in [0.3, 0.4) is 0 Å². The van der Waals surface area contributed by atoms with Crippen molar-refractivity contribution in [3.8, 4) is 0 Å². The van der Waals surface area contributed by atoms with Crippen LogP contribution in [0.5, 0.6) is 0 Å². The third-order valence-electron chi connectivity index (χ3n) is 4.72. The first-order chi connectivity index (χ1) is 12.3. The molecule has 0 spiro atoms. The lowest BCUT2D eigenvalue weighted by Gasteiger charge is -2.20. The maximum atomic E-state index is 11.0. The smallest absolute Gasteiger partial charge is 0.307 e. The van der Waals surface area contributed by atoms with Crippen LogP contribution in [0.25, 0.3) is 0 Å². The van der Waals surface area contributed by atoms with E-state index in [1.165, 1.54) is 70.7 Å². The molecule has 25 heavy (non-hydrogen) atoms. The molecule has 0 unspecified atom stereocenters. The van der Waals surface area contributed by atoms with E-state index in [2.05, 4.69) is 21.6 Å². The van der Waals surface area contributed by atoms with Gasteiger partial charge in [-0.1, -0.05) is 58.3 Å². The minimum Gasteiger partial charge on any atom is -0.469 e. The third-order valence-corrected chi connectivity index (χ3v) is 4.72. The fourth-order valence-corrected chi connectivity index (χ4v) is 3.13. The zero-order valence-corrected chi connectivity index (χ0v) is 16.4. The number of carbonyl (C=O) groups is 1. The van der Waals surface area contributed by atoms with E-state index in [1.54, 1.807) is 0 Å². The number of aliphatic imine (C=N–C) groups is 1. The Morgan fingerprint density at radius 2 is 1.72 bits per heavy atom. The van der Waals surface area contributed by atoms with Gasteiger partial charge in [0.05, 0.1) is 39.1 Å². The van der Waals surface area contributed by atoms with Crippen molar-refractivity contribution in [3.05, 3.63) is 0 Å². The lowest BCUT2D eigenvalue weighted by Crippen LogP contribution is -2.31. The minimum atomic E-state index is -0.214. The summed E-state index contributed by atoms with van der Waals surface area (Å²) < 4.78 is 10.1. The topological polar surface area (TPSA) is 51.1 Å². The molecule has 1 heterocycles. The molecule has 0 aliphatic carbocycles. The number of nitrogens with zero attached hydrogens (tertiary/aromatic N) is 2. The van der Waals surface area contributed by atoms with Gasteiger partial charge in [-0.25, -0.2) is 0 Å². The Morgan fingerprint density at radius 1 is 1.04 bits per heavy atom. The Balaban J connectivity index is 1.97. The van der Waals surface area contributed by atoms with Crippen molar-refractivity contribution < 1.29 is 14.3 Å². The highest BCUT2D eigenvalue weighted by molar-refractivity contribution is 5.83. The van der Waals surface area contributed by atoms with Gasteiger partial charge in [-0.05, 0) is 6.42 Å². The predicted molar refractivity (Wildman–Crippen MR) is 103 cm³/mol. The van der Waals surface area contributed by atoms with Crippen LogP contribution in [0, 0.1) is 0 Å². The van der Waals surface area contributed by atoms with Crippen molar-refractivity contribution in [2.75, 3.05) is 40.0 Å². The van der Waals surface area contributed by atoms with Crippen molar-refractivity contribution in [2.24, 2.45) is 4.99 Å². The van der Waals surface area contributed by atoms with Crippen LogP contribution in [-0.4, -0.2) is 56.7 Å². The summed E-state index contributed by atoms with van der Waals surface area (Å²) in [6.07, 6.45) is 13.7. The second kappa shape index (κ2) is 15.2. The van der Waals surface area contributed by atoms with Crippen LogP contribution < -0.4 is 0 Å². The number of carbonyl (C=O) groups excluding carboxylic acids is 1. The number of amidine groups is 1. The summed E-state index contributed by atoms with van der Waals surface area (Å²) >= 11 is 0. The molecule has 1 aliphatic heterocycles. The summed E-state index contributed by atoms with van der Waals surface area (Å²) in [5.74, 6) is 1.04. The van der Waals surface area contributed by atoms with E-state index in [4.69, 9.17) is 4.74 Å². The third kappa shape index (κ3) is 11.2. The molecule has 146 valence electrons. The molecule has 0 aromatic heterocycles. The Labute approximate surface area is 154 Å². The maximum absolute atomic E-state index is 11.0. The molecule has 0 aromatic carbocycles. The molecular formula is C20H38N2O3. The molecule has 0 bridgehead atoms. The molecule has 1 rings (SSSR count). The van der Waals surface area contributed by atoms with Gasteiger partial charge >= 0.3 is 5.97 Å². The van der Waals surface area contributed by atoms with Gasteiger partial charge < -0.3 is 14.4 Å². The lowest BCUT2D eigenvalue weighted by atomic mass is 10.1. The lowest BCUT2D eigenvalue weighted by molar-refractivity contribution is -0.141. The summed E-state index contributed by atoms with van der Waals surface area (Å²) in [7, 11) is 1.40. The Kier molecular flexibility index (Phi) is 13.3. The Bertz CT molecular complexity index is 372. The number of rotatable bonds is 16. The van der Waals surface area contributed by atoms with E-state index in [1.807, 2.05) is 0 Å². The maximum Gasteiger partial charge on any atom is 0.307 e. The van der Waals surface area contributed by atoms with Crippen molar-refractivity contribution in [2.45, 2.75) is 77.6 Å². The van der Waals surface area contributed by atoms with Crippen LogP contribution in [0.2, 0.25) is 0 Å². The first kappa shape index (κ1) is 21.9. The van der Waals surface area contributed by atoms with Crippen LogP contribution in [0.4, 0.5) is 0 Å². The summed E-state index contributed by atoms with van der Waals surface area (Å²) in [6.45, 7) is 6.14. The summed E-state index contributed by atoms with van der Waals surface area (Å²) in [4.78, 5) is 18.0. The van der Waals surface area contributed by atoms with Crippen LogP contribution in [-0.2, 0) is 14.3 Å². The quantitative estimate of drug-likeness (QED) is 0.308. The normalized spacial score (nSPS) is 14.0. The van der Waals surface area contributed by atoms with E-state index < -0.39 is 0 Å². The SMILES string of the molecule is CCCCCCCCCCCC1=NCCN1CCOCCC(=O)OC. The van der Waals surface area contributed by atoms with E-state index >= 15 is 0 Å². The highest BCUT2D eigenvalue weighted by Gasteiger charge is 2.15. The molecule has 0 saturated heterocycles. The molecule has 0 fully saturated rings. The predicted octanol–water partition coefficient (Wildman–Crippen LogP) is 4.20. The van der Waals surface area contributed by atoms with Gasteiger partial charge in [0.1, 0.15) is 0 Å². The molecule has 0 saturated carbocycles. The molecule has 5 heteroatoms.